The van der Waals surface area contributed by atoms with E-state index in [4.69, 9.17) is 4.74 Å². The van der Waals surface area contributed by atoms with Crippen molar-refractivity contribution in [1.29, 1.82) is 0 Å². The summed E-state index contributed by atoms with van der Waals surface area (Å²) in [5.41, 5.74) is 1.19. The first kappa shape index (κ1) is 10.3. The van der Waals surface area contributed by atoms with E-state index in [0.717, 1.165) is 25.7 Å². The lowest BCUT2D eigenvalue weighted by Gasteiger charge is -2.39. The number of nitrogens with one attached hydrogen (secondary N) is 1. The van der Waals surface area contributed by atoms with Gasteiger partial charge in [0.15, 0.2) is 0 Å². The maximum absolute atomic E-state index is 5.58. The van der Waals surface area contributed by atoms with Gasteiger partial charge in [0.25, 0.3) is 0 Å². The normalized spacial score (nSPS) is 27.9. The zero-order valence-electron chi connectivity index (χ0n) is 9.56. The van der Waals surface area contributed by atoms with Crippen molar-refractivity contribution in [3.05, 3.63) is 18.0 Å². The number of nitrogens with zero attached hydrogens (tertiary/aromatic N) is 2. The Bertz CT molecular complexity index is 321. The van der Waals surface area contributed by atoms with Gasteiger partial charge in [0.1, 0.15) is 0 Å². The summed E-state index contributed by atoms with van der Waals surface area (Å²) in [6.07, 6.45) is 6.06. The Morgan fingerprint density at radius 3 is 3.12 bits per heavy atom. The van der Waals surface area contributed by atoms with Crippen molar-refractivity contribution >= 4 is 0 Å². The summed E-state index contributed by atoms with van der Waals surface area (Å²) in [5.74, 6) is 0.920. The number of rotatable bonds is 3. The fourth-order valence-corrected chi connectivity index (χ4v) is 2.60. The summed E-state index contributed by atoms with van der Waals surface area (Å²) in [4.78, 5) is 2.56. The van der Waals surface area contributed by atoms with Crippen LogP contribution in [0, 0.1) is 5.92 Å². The molecule has 4 heteroatoms. The highest BCUT2D eigenvalue weighted by molar-refractivity contribution is 5.06. The quantitative estimate of drug-likeness (QED) is 0.842. The molecule has 1 aromatic heterocycles. The van der Waals surface area contributed by atoms with Gasteiger partial charge in [-0.2, -0.15) is 5.10 Å². The number of aromatic nitrogens is 2. The van der Waals surface area contributed by atoms with Gasteiger partial charge in [0.05, 0.1) is 24.9 Å². The van der Waals surface area contributed by atoms with Crippen LogP contribution in [0.25, 0.3) is 0 Å². The van der Waals surface area contributed by atoms with E-state index in [1.54, 1.807) is 0 Å². The van der Waals surface area contributed by atoms with Gasteiger partial charge in [-0.25, -0.2) is 0 Å². The number of aromatic amines is 1. The lowest BCUT2D eigenvalue weighted by molar-refractivity contribution is -0.0224. The first-order chi connectivity index (χ1) is 7.93. The van der Waals surface area contributed by atoms with Crippen LogP contribution < -0.4 is 0 Å². The summed E-state index contributed by atoms with van der Waals surface area (Å²) in [6.45, 7) is 3.96. The highest BCUT2D eigenvalue weighted by Crippen LogP contribution is 2.31. The molecule has 1 aromatic rings. The zero-order valence-corrected chi connectivity index (χ0v) is 9.56. The smallest absolute Gasteiger partial charge is 0.0752 e. The molecule has 3 rings (SSSR count). The van der Waals surface area contributed by atoms with Crippen LogP contribution in [0.2, 0.25) is 0 Å². The summed E-state index contributed by atoms with van der Waals surface area (Å²) in [5, 5.41) is 7.11. The number of hydrogen-bond donors (Lipinski definition) is 1. The van der Waals surface area contributed by atoms with Crippen LogP contribution in [0.15, 0.2) is 12.3 Å². The van der Waals surface area contributed by atoms with Gasteiger partial charge in [-0.05, 0) is 24.8 Å². The van der Waals surface area contributed by atoms with Crippen LogP contribution in [0.5, 0.6) is 0 Å². The maximum atomic E-state index is 5.58. The van der Waals surface area contributed by atoms with Crippen molar-refractivity contribution < 1.29 is 4.74 Å². The molecule has 1 aliphatic carbocycles. The number of ether oxygens (including phenoxy) is 1. The molecule has 2 fully saturated rings. The standard InChI is InChI=1S/C12H19N3O/c1-2-10(3-1)8-15-6-7-16-9-12(15)11-4-5-13-14-11/h4-5,10,12H,1-3,6-9H2,(H,13,14). The fraction of sp³-hybridized carbons (Fsp3) is 0.750. The molecule has 1 N–H and O–H groups in total. The SMILES string of the molecule is c1cc(C2COCCN2CC2CCC2)[nH]n1. The average Bonchev–Trinajstić information content (AvgIpc) is 2.77. The van der Waals surface area contributed by atoms with Gasteiger partial charge >= 0.3 is 0 Å². The maximum Gasteiger partial charge on any atom is 0.0752 e. The Kier molecular flexibility index (Phi) is 2.93. The Hall–Kier alpha value is -0.870. The minimum atomic E-state index is 0.386. The molecule has 1 saturated carbocycles. The highest BCUT2D eigenvalue weighted by Gasteiger charge is 2.29. The first-order valence-electron chi connectivity index (χ1n) is 6.24. The predicted octanol–water partition coefficient (Wildman–Crippen LogP) is 1.58. The van der Waals surface area contributed by atoms with Crippen LogP contribution in [-0.2, 0) is 4.74 Å². The van der Waals surface area contributed by atoms with E-state index < -0.39 is 0 Å². The lowest BCUT2D eigenvalue weighted by atomic mass is 9.84. The van der Waals surface area contributed by atoms with E-state index in [1.807, 2.05) is 6.20 Å². The predicted molar refractivity (Wildman–Crippen MR) is 61.1 cm³/mol. The van der Waals surface area contributed by atoms with E-state index in [2.05, 4.69) is 21.2 Å². The van der Waals surface area contributed by atoms with E-state index in [1.165, 1.54) is 31.5 Å². The van der Waals surface area contributed by atoms with Gasteiger partial charge in [0, 0.05) is 19.3 Å². The summed E-state index contributed by atoms with van der Waals surface area (Å²) >= 11 is 0. The van der Waals surface area contributed by atoms with Crippen molar-refractivity contribution in [1.82, 2.24) is 15.1 Å². The van der Waals surface area contributed by atoms with Crippen LogP contribution in [0.3, 0.4) is 0 Å². The molecule has 0 spiro atoms. The fourth-order valence-electron chi connectivity index (χ4n) is 2.60. The van der Waals surface area contributed by atoms with E-state index in [9.17, 15) is 0 Å². The van der Waals surface area contributed by atoms with Crippen molar-refractivity contribution in [3.8, 4) is 0 Å². The van der Waals surface area contributed by atoms with Crippen LogP contribution in [0.4, 0.5) is 0 Å². The summed E-state index contributed by atoms with van der Waals surface area (Å²) < 4.78 is 5.58. The van der Waals surface area contributed by atoms with Gasteiger partial charge < -0.3 is 4.74 Å². The third-order valence-corrected chi connectivity index (χ3v) is 3.84. The third kappa shape index (κ3) is 1.99. The summed E-state index contributed by atoms with van der Waals surface area (Å²) in [6, 6.07) is 2.45. The number of morpholine rings is 1. The van der Waals surface area contributed by atoms with Crippen LogP contribution in [-0.4, -0.2) is 41.4 Å². The Balaban J connectivity index is 1.68. The molecule has 1 aliphatic heterocycles. The molecule has 4 nitrogen and oxygen atoms in total. The zero-order chi connectivity index (χ0) is 10.8. The first-order valence-corrected chi connectivity index (χ1v) is 6.24. The molecule has 88 valence electrons. The molecule has 2 aliphatic rings. The van der Waals surface area contributed by atoms with Crippen LogP contribution in [0.1, 0.15) is 31.0 Å². The largest absolute Gasteiger partial charge is 0.378 e. The Labute approximate surface area is 96.0 Å². The Morgan fingerprint density at radius 2 is 2.44 bits per heavy atom. The molecule has 0 radical (unpaired) electrons. The monoisotopic (exact) mass is 221 g/mol. The third-order valence-electron chi connectivity index (χ3n) is 3.84. The average molecular weight is 221 g/mol. The van der Waals surface area contributed by atoms with Crippen molar-refractivity contribution in [2.75, 3.05) is 26.3 Å². The van der Waals surface area contributed by atoms with Crippen molar-refractivity contribution in [3.63, 3.8) is 0 Å². The van der Waals surface area contributed by atoms with Gasteiger partial charge in [-0.1, -0.05) is 6.42 Å². The molecule has 1 atom stereocenters. The number of hydrogen-bond acceptors (Lipinski definition) is 3. The minimum absolute atomic E-state index is 0.386. The molecule has 1 unspecified atom stereocenters. The van der Waals surface area contributed by atoms with Crippen molar-refractivity contribution in [2.45, 2.75) is 25.3 Å². The second-order valence-corrected chi connectivity index (χ2v) is 4.89. The summed E-state index contributed by atoms with van der Waals surface area (Å²) in [7, 11) is 0. The topological polar surface area (TPSA) is 41.1 Å². The van der Waals surface area contributed by atoms with Gasteiger partial charge in [-0.3, -0.25) is 10.00 Å². The second-order valence-electron chi connectivity index (χ2n) is 4.89. The van der Waals surface area contributed by atoms with E-state index >= 15 is 0 Å². The van der Waals surface area contributed by atoms with E-state index in [0.29, 0.717) is 6.04 Å². The molecule has 0 bridgehead atoms. The molecule has 16 heavy (non-hydrogen) atoms. The molecular weight excluding hydrogens is 202 g/mol. The molecule has 0 aromatic carbocycles. The minimum Gasteiger partial charge on any atom is -0.378 e. The molecular formula is C12H19N3O. The molecule has 1 saturated heterocycles. The Morgan fingerprint density at radius 1 is 1.50 bits per heavy atom. The second kappa shape index (κ2) is 4.55. The van der Waals surface area contributed by atoms with Gasteiger partial charge in [-0.15, -0.1) is 0 Å². The molecule has 0 amide bonds. The highest BCUT2D eigenvalue weighted by atomic mass is 16.5. The molecule has 2 heterocycles. The lowest BCUT2D eigenvalue weighted by Crippen LogP contribution is -2.43. The number of H-pyrrole nitrogens is 1. The van der Waals surface area contributed by atoms with Gasteiger partial charge in [0.2, 0.25) is 0 Å². The van der Waals surface area contributed by atoms with Crippen molar-refractivity contribution in [2.24, 2.45) is 5.92 Å². The van der Waals surface area contributed by atoms with E-state index in [-0.39, 0.29) is 0 Å². The van der Waals surface area contributed by atoms with Crippen LogP contribution >= 0.6 is 0 Å².